The van der Waals surface area contributed by atoms with Crippen LogP contribution < -0.4 is 10.1 Å². The molecule has 0 spiro atoms. The number of hydrogen-bond acceptors (Lipinski definition) is 5. The second kappa shape index (κ2) is 8.84. The van der Waals surface area contributed by atoms with Crippen LogP contribution in [0.1, 0.15) is 19.8 Å². The molecular formula is C16H23ClN2O5S. The normalized spacial score (nSPS) is 17.7. The predicted molar refractivity (Wildman–Crippen MR) is 94.4 cm³/mol. The lowest BCUT2D eigenvalue weighted by atomic mass is 10.2. The van der Waals surface area contributed by atoms with Gasteiger partial charge in [-0.05, 0) is 31.0 Å². The van der Waals surface area contributed by atoms with E-state index in [1.165, 1.54) is 25.3 Å². The fraction of sp³-hybridized carbons (Fsp3) is 0.562. The largest absolute Gasteiger partial charge is 0.495 e. The summed E-state index contributed by atoms with van der Waals surface area (Å²) in [6, 6.07) is 4.22. The summed E-state index contributed by atoms with van der Waals surface area (Å²) in [4.78, 5) is 12.1. The highest BCUT2D eigenvalue weighted by Crippen LogP contribution is 2.28. The Balaban J connectivity index is 2.04. The van der Waals surface area contributed by atoms with Gasteiger partial charge in [0.05, 0.1) is 29.7 Å². The quantitative estimate of drug-likeness (QED) is 0.729. The van der Waals surface area contributed by atoms with Gasteiger partial charge in [0.1, 0.15) is 5.75 Å². The van der Waals surface area contributed by atoms with Crippen molar-refractivity contribution in [2.75, 3.05) is 33.4 Å². The Labute approximate surface area is 153 Å². The van der Waals surface area contributed by atoms with Crippen molar-refractivity contribution in [1.82, 2.24) is 9.62 Å². The number of rotatable bonds is 8. The third kappa shape index (κ3) is 5.07. The third-order valence-electron chi connectivity index (χ3n) is 3.98. The summed E-state index contributed by atoms with van der Waals surface area (Å²) in [6.45, 7) is 2.68. The second-order valence-electron chi connectivity index (χ2n) is 5.67. The Hall–Kier alpha value is -1.35. The first-order valence-electron chi connectivity index (χ1n) is 8.10. The molecular weight excluding hydrogens is 368 g/mol. The lowest BCUT2D eigenvalue weighted by molar-refractivity contribution is -0.121. The molecule has 1 atom stereocenters. The SMILES string of the molecule is CCN(CC(=O)NC[C@@H]1CCCO1)S(=O)(=O)c1ccc(OC)c(Cl)c1. The number of halogens is 1. The molecule has 9 heteroatoms. The van der Waals surface area contributed by atoms with Gasteiger partial charge in [0.15, 0.2) is 0 Å². The molecule has 1 heterocycles. The van der Waals surface area contributed by atoms with Crippen LogP contribution in [-0.2, 0) is 19.6 Å². The zero-order valence-electron chi connectivity index (χ0n) is 14.3. The summed E-state index contributed by atoms with van der Waals surface area (Å²) in [5.41, 5.74) is 0. The van der Waals surface area contributed by atoms with Gasteiger partial charge in [-0.3, -0.25) is 4.79 Å². The molecule has 1 N–H and O–H groups in total. The Bertz CT molecular complexity index is 704. The van der Waals surface area contributed by atoms with Gasteiger partial charge in [-0.15, -0.1) is 0 Å². The van der Waals surface area contributed by atoms with Crippen LogP contribution in [0.3, 0.4) is 0 Å². The van der Waals surface area contributed by atoms with Crippen molar-refractivity contribution in [1.29, 1.82) is 0 Å². The number of hydrogen-bond donors (Lipinski definition) is 1. The average molecular weight is 391 g/mol. The van der Waals surface area contributed by atoms with E-state index >= 15 is 0 Å². The molecule has 7 nitrogen and oxygen atoms in total. The minimum Gasteiger partial charge on any atom is -0.495 e. The number of methoxy groups -OCH3 is 1. The van der Waals surface area contributed by atoms with Gasteiger partial charge in [-0.25, -0.2) is 8.42 Å². The number of amides is 1. The lowest BCUT2D eigenvalue weighted by Crippen LogP contribution is -2.42. The molecule has 0 saturated carbocycles. The number of nitrogens with zero attached hydrogens (tertiary/aromatic N) is 1. The molecule has 0 aromatic heterocycles. The zero-order valence-corrected chi connectivity index (χ0v) is 15.9. The van der Waals surface area contributed by atoms with E-state index in [9.17, 15) is 13.2 Å². The van der Waals surface area contributed by atoms with Crippen LogP contribution in [0.2, 0.25) is 5.02 Å². The minimum absolute atomic E-state index is 0.0102. The van der Waals surface area contributed by atoms with E-state index in [-0.39, 0.29) is 35.0 Å². The van der Waals surface area contributed by atoms with Crippen molar-refractivity contribution in [2.24, 2.45) is 0 Å². The Morgan fingerprint density at radius 2 is 2.24 bits per heavy atom. The number of sulfonamides is 1. The van der Waals surface area contributed by atoms with Gasteiger partial charge >= 0.3 is 0 Å². The molecule has 0 aliphatic carbocycles. The van der Waals surface area contributed by atoms with E-state index in [0.717, 1.165) is 17.1 Å². The van der Waals surface area contributed by atoms with E-state index < -0.39 is 10.0 Å². The van der Waals surface area contributed by atoms with Gasteiger partial charge in [0.25, 0.3) is 0 Å². The number of benzene rings is 1. The van der Waals surface area contributed by atoms with Crippen LogP contribution >= 0.6 is 11.6 Å². The highest BCUT2D eigenvalue weighted by atomic mass is 35.5. The van der Waals surface area contributed by atoms with Crippen molar-refractivity contribution in [2.45, 2.75) is 30.8 Å². The Kier molecular flexibility index (Phi) is 7.06. The van der Waals surface area contributed by atoms with Crippen LogP contribution in [0.5, 0.6) is 5.75 Å². The van der Waals surface area contributed by atoms with Crippen LogP contribution in [0.15, 0.2) is 23.1 Å². The number of likely N-dealkylation sites (N-methyl/N-ethyl adjacent to an activating group) is 1. The average Bonchev–Trinajstić information content (AvgIpc) is 3.11. The van der Waals surface area contributed by atoms with E-state index in [2.05, 4.69) is 5.32 Å². The maximum atomic E-state index is 12.7. The number of carbonyl (C=O) groups is 1. The van der Waals surface area contributed by atoms with Crippen LogP contribution in [0, 0.1) is 0 Å². The van der Waals surface area contributed by atoms with Crippen LogP contribution in [-0.4, -0.2) is 58.1 Å². The smallest absolute Gasteiger partial charge is 0.243 e. The molecule has 25 heavy (non-hydrogen) atoms. The third-order valence-corrected chi connectivity index (χ3v) is 6.20. The first kappa shape index (κ1) is 20.0. The molecule has 1 aromatic carbocycles. The molecule has 140 valence electrons. The zero-order chi connectivity index (χ0) is 18.4. The Morgan fingerprint density at radius 3 is 2.80 bits per heavy atom. The highest BCUT2D eigenvalue weighted by molar-refractivity contribution is 7.89. The van der Waals surface area contributed by atoms with Crippen LogP contribution in [0.25, 0.3) is 0 Å². The summed E-state index contributed by atoms with van der Waals surface area (Å²) in [6.07, 6.45) is 1.89. The van der Waals surface area contributed by atoms with Crippen molar-refractivity contribution in [3.8, 4) is 5.75 Å². The first-order valence-corrected chi connectivity index (χ1v) is 9.92. The summed E-state index contributed by atoms with van der Waals surface area (Å²) >= 11 is 6.01. The van der Waals surface area contributed by atoms with Gasteiger partial charge in [-0.2, -0.15) is 4.31 Å². The molecule has 1 aliphatic heterocycles. The fourth-order valence-corrected chi connectivity index (χ4v) is 4.33. The van der Waals surface area contributed by atoms with Crippen LogP contribution in [0.4, 0.5) is 0 Å². The minimum atomic E-state index is -3.83. The fourth-order valence-electron chi connectivity index (χ4n) is 2.57. The van der Waals surface area contributed by atoms with E-state index in [0.29, 0.717) is 18.9 Å². The molecule has 1 amide bonds. The molecule has 1 aromatic rings. The van der Waals surface area contributed by atoms with E-state index in [4.69, 9.17) is 21.1 Å². The first-order chi connectivity index (χ1) is 11.9. The van der Waals surface area contributed by atoms with E-state index in [1.54, 1.807) is 6.92 Å². The van der Waals surface area contributed by atoms with Crippen molar-refractivity contribution in [3.63, 3.8) is 0 Å². The summed E-state index contributed by atoms with van der Waals surface area (Å²) < 4.78 is 37.0. The molecule has 1 fully saturated rings. The van der Waals surface area contributed by atoms with Gasteiger partial charge in [0, 0.05) is 19.7 Å². The summed E-state index contributed by atoms with van der Waals surface area (Å²) in [5.74, 6) is 0.0264. The van der Waals surface area contributed by atoms with Gasteiger partial charge in [-0.1, -0.05) is 18.5 Å². The Morgan fingerprint density at radius 1 is 1.48 bits per heavy atom. The lowest BCUT2D eigenvalue weighted by Gasteiger charge is -2.21. The summed E-state index contributed by atoms with van der Waals surface area (Å²) in [5, 5.41) is 2.92. The standard InChI is InChI=1S/C16H23ClN2O5S/c1-3-19(11-16(20)18-10-12-5-4-8-24-12)25(21,22)13-6-7-15(23-2)14(17)9-13/h6-7,9,12H,3-5,8,10-11H2,1-2H3,(H,18,20)/t12-/m0/s1. The van der Waals surface area contributed by atoms with Crippen molar-refractivity contribution in [3.05, 3.63) is 23.2 Å². The topological polar surface area (TPSA) is 84.9 Å². The molecule has 1 saturated heterocycles. The van der Waals surface area contributed by atoms with E-state index in [1.807, 2.05) is 0 Å². The molecule has 0 unspecified atom stereocenters. The predicted octanol–water partition coefficient (Wildman–Crippen LogP) is 1.65. The maximum absolute atomic E-state index is 12.7. The van der Waals surface area contributed by atoms with Gasteiger partial charge in [0.2, 0.25) is 15.9 Å². The number of ether oxygens (including phenoxy) is 2. The monoisotopic (exact) mass is 390 g/mol. The number of carbonyl (C=O) groups excluding carboxylic acids is 1. The number of nitrogens with one attached hydrogen (secondary N) is 1. The molecule has 2 rings (SSSR count). The van der Waals surface area contributed by atoms with Gasteiger partial charge < -0.3 is 14.8 Å². The maximum Gasteiger partial charge on any atom is 0.243 e. The highest BCUT2D eigenvalue weighted by Gasteiger charge is 2.26. The molecule has 0 bridgehead atoms. The second-order valence-corrected chi connectivity index (χ2v) is 8.01. The van der Waals surface area contributed by atoms with Crippen molar-refractivity contribution < 1.29 is 22.7 Å². The molecule has 0 radical (unpaired) electrons. The van der Waals surface area contributed by atoms with Crippen molar-refractivity contribution >= 4 is 27.5 Å². The summed E-state index contributed by atoms with van der Waals surface area (Å²) in [7, 11) is -2.38. The molecule has 1 aliphatic rings.